The minimum absolute atomic E-state index is 0.0672. The summed E-state index contributed by atoms with van der Waals surface area (Å²) in [7, 11) is 5.19. The van der Waals surface area contributed by atoms with E-state index < -0.39 is 5.97 Å². The van der Waals surface area contributed by atoms with Crippen LogP contribution in [0.4, 0.5) is 5.88 Å². The van der Waals surface area contributed by atoms with Crippen LogP contribution in [0.5, 0.6) is 0 Å². The lowest BCUT2D eigenvalue weighted by Crippen LogP contribution is -2.37. The van der Waals surface area contributed by atoms with E-state index in [-0.39, 0.29) is 17.6 Å². The van der Waals surface area contributed by atoms with Crippen LogP contribution < -0.4 is 4.90 Å². The summed E-state index contributed by atoms with van der Waals surface area (Å²) in [6.07, 6.45) is 1.86. The van der Waals surface area contributed by atoms with Crippen LogP contribution in [0, 0.1) is 5.92 Å². The zero-order chi connectivity index (χ0) is 14.7. The van der Waals surface area contributed by atoms with E-state index in [9.17, 15) is 9.59 Å². The molecule has 1 fully saturated rings. The molecule has 0 radical (unpaired) electrons. The van der Waals surface area contributed by atoms with E-state index in [4.69, 9.17) is 4.42 Å². The largest absolute Gasteiger partial charge is 0.463 e. The molecule has 0 aromatic carbocycles. The number of rotatable bonds is 6. The lowest BCUT2D eigenvalue weighted by Gasteiger charge is -2.22. The van der Waals surface area contributed by atoms with Crippen LogP contribution in [0.25, 0.3) is 0 Å². The molecule has 110 valence electrons. The highest BCUT2D eigenvalue weighted by atomic mass is 16.5. The fraction of sp³-hybridized carbons (Fsp3) is 0.571. The van der Waals surface area contributed by atoms with Crippen molar-refractivity contribution in [3.05, 3.63) is 17.9 Å². The third-order valence-electron chi connectivity index (χ3n) is 3.21. The number of carbonyl (C=O) groups is 2. The van der Waals surface area contributed by atoms with Gasteiger partial charge in [0, 0.05) is 25.1 Å². The van der Waals surface area contributed by atoms with Crippen molar-refractivity contribution in [1.29, 1.82) is 0 Å². The predicted octanol–water partition coefficient (Wildman–Crippen LogP) is 1.37. The zero-order valence-corrected chi connectivity index (χ0v) is 12.1. The highest BCUT2D eigenvalue weighted by Gasteiger charge is 2.35. The van der Waals surface area contributed by atoms with Crippen LogP contribution in [-0.4, -0.2) is 51.1 Å². The van der Waals surface area contributed by atoms with Gasteiger partial charge < -0.3 is 14.1 Å². The van der Waals surface area contributed by atoms with Gasteiger partial charge in [-0.15, -0.1) is 0 Å². The Morgan fingerprint density at radius 2 is 2.00 bits per heavy atom. The molecule has 0 spiro atoms. The summed E-state index contributed by atoms with van der Waals surface area (Å²) >= 11 is 0. The van der Waals surface area contributed by atoms with Gasteiger partial charge in [-0.2, -0.15) is 0 Å². The molecule has 0 N–H and O–H groups in total. The van der Waals surface area contributed by atoms with Gasteiger partial charge in [0.2, 0.25) is 17.6 Å². The minimum atomic E-state index is -0.539. The fourth-order valence-electron chi connectivity index (χ4n) is 1.86. The Hall–Kier alpha value is -1.82. The summed E-state index contributed by atoms with van der Waals surface area (Å²) in [5, 5.41) is 0. The third kappa shape index (κ3) is 3.39. The normalized spacial score (nSPS) is 14.4. The lowest BCUT2D eigenvalue weighted by atomic mass is 10.3. The molecule has 1 aromatic rings. The number of amides is 1. The number of nitrogens with zero attached hydrogens (tertiary/aromatic N) is 2. The zero-order valence-electron chi connectivity index (χ0n) is 12.1. The number of likely N-dealkylation sites (N-methyl/N-ethyl adjacent to an activating group) is 1. The van der Waals surface area contributed by atoms with Gasteiger partial charge >= 0.3 is 5.97 Å². The van der Waals surface area contributed by atoms with E-state index in [0.717, 1.165) is 19.4 Å². The van der Waals surface area contributed by atoms with Gasteiger partial charge in [0.25, 0.3) is 0 Å². The van der Waals surface area contributed by atoms with Crippen molar-refractivity contribution in [3.8, 4) is 0 Å². The molecule has 0 unspecified atom stereocenters. The molecular formula is C14H20N2O4. The van der Waals surface area contributed by atoms with Crippen molar-refractivity contribution in [2.24, 2.45) is 5.92 Å². The summed E-state index contributed by atoms with van der Waals surface area (Å²) in [6, 6.07) is 3.17. The first-order valence-electron chi connectivity index (χ1n) is 6.67. The molecule has 1 saturated carbocycles. The highest BCUT2D eigenvalue weighted by molar-refractivity contribution is 5.96. The average Bonchev–Trinajstić information content (AvgIpc) is 3.16. The molecule has 1 amide bonds. The Balaban J connectivity index is 2.14. The average molecular weight is 280 g/mol. The third-order valence-corrected chi connectivity index (χ3v) is 3.21. The van der Waals surface area contributed by atoms with E-state index in [1.807, 2.05) is 19.0 Å². The lowest BCUT2D eigenvalue weighted by molar-refractivity contribution is -0.120. The SMILES string of the molecule is COC(=O)c1ccc(N(CCN(C)C)C(=O)C2CC2)o1. The smallest absolute Gasteiger partial charge is 0.374 e. The first kappa shape index (κ1) is 14.6. The Morgan fingerprint density at radius 3 is 2.55 bits per heavy atom. The van der Waals surface area contributed by atoms with Gasteiger partial charge in [-0.25, -0.2) is 4.79 Å². The van der Waals surface area contributed by atoms with Gasteiger partial charge in [0.1, 0.15) is 0 Å². The Bertz CT molecular complexity index is 491. The van der Waals surface area contributed by atoms with Gasteiger partial charge in [0.15, 0.2) is 0 Å². The molecule has 6 nitrogen and oxygen atoms in total. The summed E-state index contributed by atoms with van der Waals surface area (Å²) in [6.45, 7) is 1.27. The standard InChI is InChI=1S/C14H20N2O4/c1-15(2)8-9-16(13(17)10-4-5-10)12-7-6-11(20-12)14(18)19-3/h6-7,10H,4-5,8-9H2,1-3H3. The van der Waals surface area contributed by atoms with Gasteiger partial charge in [0.05, 0.1) is 7.11 Å². The van der Waals surface area contributed by atoms with Crippen molar-refractivity contribution in [2.75, 3.05) is 39.2 Å². The maximum Gasteiger partial charge on any atom is 0.374 e. The number of hydrogen-bond donors (Lipinski definition) is 0. The summed E-state index contributed by atoms with van der Waals surface area (Å²) in [5.41, 5.74) is 0. The second-order valence-electron chi connectivity index (χ2n) is 5.20. The molecule has 6 heteroatoms. The molecule has 1 aliphatic carbocycles. The topological polar surface area (TPSA) is 63.0 Å². The quantitative estimate of drug-likeness (QED) is 0.736. The fourth-order valence-corrected chi connectivity index (χ4v) is 1.86. The molecular weight excluding hydrogens is 260 g/mol. The van der Waals surface area contributed by atoms with Crippen molar-refractivity contribution in [1.82, 2.24) is 4.90 Å². The molecule has 1 heterocycles. The first-order chi connectivity index (χ1) is 9.52. The first-order valence-corrected chi connectivity index (χ1v) is 6.67. The van der Waals surface area contributed by atoms with Gasteiger partial charge in [-0.1, -0.05) is 0 Å². The maximum absolute atomic E-state index is 12.3. The van der Waals surface area contributed by atoms with E-state index >= 15 is 0 Å². The minimum Gasteiger partial charge on any atom is -0.463 e. The molecule has 20 heavy (non-hydrogen) atoms. The number of methoxy groups -OCH3 is 1. The number of anilines is 1. The van der Waals surface area contributed by atoms with Crippen molar-refractivity contribution in [2.45, 2.75) is 12.8 Å². The molecule has 0 saturated heterocycles. The summed E-state index contributed by atoms with van der Waals surface area (Å²) in [4.78, 5) is 27.3. The van der Waals surface area contributed by atoms with E-state index in [2.05, 4.69) is 4.74 Å². The van der Waals surface area contributed by atoms with Gasteiger partial charge in [-0.3, -0.25) is 9.69 Å². The Labute approximate surface area is 118 Å². The van der Waals surface area contributed by atoms with E-state index in [0.29, 0.717) is 12.4 Å². The number of esters is 1. The van der Waals surface area contributed by atoms with Crippen LogP contribution in [-0.2, 0) is 9.53 Å². The number of hydrogen-bond acceptors (Lipinski definition) is 5. The molecule has 0 aliphatic heterocycles. The van der Waals surface area contributed by atoms with Crippen LogP contribution in [0.1, 0.15) is 23.4 Å². The highest BCUT2D eigenvalue weighted by Crippen LogP contribution is 2.33. The summed E-state index contributed by atoms with van der Waals surface area (Å²) < 4.78 is 10.0. The van der Waals surface area contributed by atoms with E-state index in [1.54, 1.807) is 11.0 Å². The van der Waals surface area contributed by atoms with Crippen LogP contribution in [0.2, 0.25) is 0 Å². The van der Waals surface area contributed by atoms with E-state index in [1.165, 1.54) is 13.2 Å². The molecule has 0 bridgehead atoms. The second-order valence-corrected chi connectivity index (χ2v) is 5.20. The van der Waals surface area contributed by atoms with Crippen LogP contribution in [0.3, 0.4) is 0 Å². The molecule has 1 aliphatic rings. The molecule has 1 aromatic heterocycles. The van der Waals surface area contributed by atoms with Crippen molar-refractivity contribution < 1.29 is 18.7 Å². The number of carbonyl (C=O) groups excluding carboxylic acids is 2. The number of furan rings is 1. The van der Waals surface area contributed by atoms with Gasteiger partial charge in [-0.05, 0) is 33.0 Å². The number of ether oxygens (including phenoxy) is 1. The summed E-state index contributed by atoms with van der Waals surface area (Å²) in [5.74, 6) is 0.147. The molecule has 0 atom stereocenters. The van der Waals surface area contributed by atoms with Crippen molar-refractivity contribution in [3.63, 3.8) is 0 Å². The molecule has 2 rings (SSSR count). The van der Waals surface area contributed by atoms with Crippen molar-refractivity contribution >= 4 is 17.8 Å². The predicted molar refractivity (Wildman–Crippen MR) is 73.7 cm³/mol. The Morgan fingerprint density at radius 1 is 1.30 bits per heavy atom. The maximum atomic E-state index is 12.3. The Kier molecular flexibility index (Phi) is 4.44. The monoisotopic (exact) mass is 280 g/mol. The van der Waals surface area contributed by atoms with Crippen LogP contribution >= 0.6 is 0 Å². The second kappa shape index (κ2) is 6.09. The van der Waals surface area contributed by atoms with Crippen LogP contribution in [0.15, 0.2) is 16.5 Å².